The minimum Gasteiger partial charge on any atom is -0.478 e. The Bertz CT molecular complexity index is 639. The van der Waals surface area contributed by atoms with Crippen molar-refractivity contribution in [1.82, 2.24) is 4.90 Å². The van der Waals surface area contributed by atoms with Crippen LogP contribution >= 0.6 is 11.3 Å². The number of rotatable bonds is 5. The summed E-state index contributed by atoms with van der Waals surface area (Å²) < 4.78 is 5.81. The minimum atomic E-state index is -0.551. The van der Waals surface area contributed by atoms with Crippen LogP contribution in [0.1, 0.15) is 17.8 Å². The van der Waals surface area contributed by atoms with Crippen molar-refractivity contribution < 1.29 is 14.3 Å². The van der Waals surface area contributed by atoms with Crippen molar-refractivity contribution in [2.24, 2.45) is 0 Å². The van der Waals surface area contributed by atoms with Crippen molar-refractivity contribution in [2.45, 2.75) is 19.1 Å². The van der Waals surface area contributed by atoms with Gasteiger partial charge in [0, 0.05) is 4.88 Å². The Hall–Kier alpha value is -2.14. The normalized spacial score (nSPS) is 21.0. The van der Waals surface area contributed by atoms with E-state index in [1.165, 1.54) is 6.92 Å². The van der Waals surface area contributed by atoms with Crippen molar-refractivity contribution in [3.05, 3.63) is 52.7 Å². The van der Waals surface area contributed by atoms with E-state index in [0.29, 0.717) is 5.75 Å². The fourth-order valence-corrected chi connectivity index (χ4v) is 3.32. The minimum absolute atomic E-state index is 0.0249. The van der Waals surface area contributed by atoms with Crippen LogP contribution < -0.4 is 4.74 Å². The molecule has 5 heteroatoms. The number of benzene rings is 1. The van der Waals surface area contributed by atoms with Gasteiger partial charge < -0.3 is 9.64 Å². The van der Waals surface area contributed by atoms with Crippen molar-refractivity contribution in [2.75, 3.05) is 6.54 Å². The molecule has 2 heterocycles. The molecule has 0 saturated carbocycles. The quantitative estimate of drug-likeness (QED) is 0.798. The number of carbonyl (C=O) groups excluding carboxylic acids is 2. The van der Waals surface area contributed by atoms with E-state index in [1.807, 2.05) is 47.8 Å². The number of Topliss-reactive ketones (excluding diaryl/α,β-unsaturated/α-hetero) is 1. The first-order valence-electron chi connectivity index (χ1n) is 6.72. The molecule has 3 rings (SSSR count). The van der Waals surface area contributed by atoms with Crippen LogP contribution in [0.25, 0.3) is 0 Å². The van der Waals surface area contributed by atoms with Gasteiger partial charge in [0.15, 0.2) is 0 Å². The molecule has 2 atom stereocenters. The zero-order valence-corrected chi connectivity index (χ0v) is 12.4. The van der Waals surface area contributed by atoms with Crippen LogP contribution in [0.5, 0.6) is 5.75 Å². The fraction of sp³-hybridized carbons (Fsp3) is 0.250. The van der Waals surface area contributed by atoms with Crippen molar-refractivity contribution in [1.29, 1.82) is 0 Å². The van der Waals surface area contributed by atoms with Gasteiger partial charge in [-0.3, -0.25) is 9.59 Å². The van der Waals surface area contributed by atoms with Crippen LogP contribution in [0.3, 0.4) is 0 Å². The number of carbonyl (C=O) groups is 2. The lowest BCUT2D eigenvalue weighted by molar-refractivity contribution is -0.165. The van der Waals surface area contributed by atoms with E-state index in [0.717, 1.165) is 4.88 Å². The molecule has 1 amide bonds. The number of ether oxygens (including phenoxy) is 1. The highest BCUT2D eigenvalue weighted by Gasteiger charge is 2.50. The molecule has 0 bridgehead atoms. The van der Waals surface area contributed by atoms with Gasteiger partial charge in [-0.25, -0.2) is 0 Å². The topological polar surface area (TPSA) is 46.6 Å². The maximum Gasteiger partial charge on any atom is 0.267 e. The Labute approximate surface area is 127 Å². The average Bonchev–Trinajstić information content (AvgIpc) is 2.99. The van der Waals surface area contributed by atoms with Crippen LogP contribution in [0.15, 0.2) is 47.8 Å². The molecule has 1 aromatic carbocycles. The monoisotopic (exact) mass is 301 g/mol. The van der Waals surface area contributed by atoms with Gasteiger partial charge in [0.05, 0.1) is 6.54 Å². The van der Waals surface area contributed by atoms with E-state index in [9.17, 15) is 9.59 Å². The summed E-state index contributed by atoms with van der Waals surface area (Å²) in [5.74, 6) is 0.510. The van der Waals surface area contributed by atoms with Crippen molar-refractivity contribution in [3.8, 4) is 5.75 Å². The average molecular weight is 301 g/mol. The van der Waals surface area contributed by atoms with Gasteiger partial charge in [0.2, 0.25) is 6.10 Å². The summed E-state index contributed by atoms with van der Waals surface area (Å²) in [5.41, 5.74) is 0. The highest BCUT2D eigenvalue weighted by Crippen LogP contribution is 2.39. The van der Waals surface area contributed by atoms with Crippen molar-refractivity contribution >= 4 is 23.0 Å². The molecule has 2 aromatic rings. The second kappa shape index (κ2) is 5.69. The molecule has 0 aliphatic carbocycles. The highest BCUT2D eigenvalue weighted by atomic mass is 32.1. The van der Waals surface area contributed by atoms with Gasteiger partial charge >= 0.3 is 0 Å². The summed E-state index contributed by atoms with van der Waals surface area (Å²) in [6.07, 6.45) is -0.551. The summed E-state index contributed by atoms with van der Waals surface area (Å²) in [4.78, 5) is 26.2. The molecule has 1 aromatic heterocycles. The lowest BCUT2D eigenvalue weighted by Gasteiger charge is -2.45. The second-order valence-corrected chi connectivity index (χ2v) is 5.96. The third-order valence-corrected chi connectivity index (χ3v) is 4.33. The van der Waals surface area contributed by atoms with Crippen LogP contribution in [-0.2, 0) is 9.59 Å². The molecule has 21 heavy (non-hydrogen) atoms. The van der Waals surface area contributed by atoms with Crippen LogP contribution in [-0.4, -0.2) is 29.2 Å². The molecule has 1 saturated heterocycles. The Morgan fingerprint density at radius 3 is 2.62 bits per heavy atom. The molecule has 108 valence electrons. The number of nitrogens with zero attached hydrogens (tertiary/aromatic N) is 1. The molecule has 1 fully saturated rings. The summed E-state index contributed by atoms with van der Waals surface area (Å²) in [5, 5.41) is 1.96. The number of likely N-dealkylation sites (tertiary alicyclic amines) is 1. The molecule has 4 nitrogen and oxygen atoms in total. The number of hydrogen-bond donors (Lipinski definition) is 0. The van der Waals surface area contributed by atoms with Gasteiger partial charge in [0.25, 0.3) is 5.91 Å². The van der Waals surface area contributed by atoms with Crippen LogP contribution in [0.2, 0.25) is 0 Å². The molecule has 0 spiro atoms. The van der Waals surface area contributed by atoms with Gasteiger partial charge in [-0.1, -0.05) is 24.3 Å². The highest BCUT2D eigenvalue weighted by molar-refractivity contribution is 7.10. The first-order chi connectivity index (χ1) is 10.2. The summed E-state index contributed by atoms with van der Waals surface area (Å²) in [6.45, 7) is 1.63. The Morgan fingerprint density at radius 2 is 2.00 bits per heavy atom. The molecule has 0 radical (unpaired) electrons. The van der Waals surface area contributed by atoms with E-state index in [-0.39, 0.29) is 24.3 Å². The fourth-order valence-electron chi connectivity index (χ4n) is 2.46. The van der Waals surface area contributed by atoms with Crippen molar-refractivity contribution in [3.63, 3.8) is 0 Å². The number of thiophene rings is 1. The molecule has 1 aliphatic rings. The van der Waals surface area contributed by atoms with E-state index in [4.69, 9.17) is 4.74 Å². The standard InChI is InChI=1S/C16H15NO3S/c1-11(18)10-17-14(13-8-5-9-21-13)15(16(17)19)20-12-6-3-2-4-7-12/h2-9,14-15H,10H2,1H3/t14-,15+/m1/s1. The SMILES string of the molecule is CC(=O)CN1C(=O)[C@@H](Oc2ccccc2)[C@H]1c1cccs1. The Kier molecular flexibility index (Phi) is 3.75. The molecule has 0 unspecified atom stereocenters. The Balaban J connectivity index is 1.82. The number of β-lactam (4-membered cyclic amide) rings is 1. The first-order valence-corrected chi connectivity index (χ1v) is 7.60. The maximum absolute atomic E-state index is 12.3. The third kappa shape index (κ3) is 2.69. The molecule has 0 N–H and O–H groups in total. The van der Waals surface area contributed by atoms with E-state index in [2.05, 4.69) is 0 Å². The zero-order chi connectivity index (χ0) is 14.8. The number of ketones is 1. The summed E-state index contributed by atoms with van der Waals surface area (Å²) >= 11 is 1.57. The third-order valence-electron chi connectivity index (χ3n) is 3.38. The zero-order valence-electron chi connectivity index (χ0n) is 11.6. The second-order valence-electron chi connectivity index (χ2n) is 4.98. The largest absolute Gasteiger partial charge is 0.478 e. The summed E-state index contributed by atoms with van der Waals surface area (Å²) in [7, 11) is 0. The lowest BCUT2D eigenvalue weighted by atomic mass is 9.95. The smallest absolute Gasteiger partial charge is 0.267 e. The van der Waals surface area contributed by atoms with Gasteiger partial charge in [-0.05, 0) is 30.5 Å². The maximum atomic E-state index is 12.3. The summed E-state index contributed by atoms with van der Waals surface area (Å²) in [6, 6.07) is 13.0. The van der Waals surface area contributed by atoms with Crippen LogP contribution in [0, 0.1) is 0 Å². The molecular formula is C16H15NO3S. The van der Waals surface area contributed by atoms with Gasteiger partial charge in [0.1, 0.15) is 17.6 Å². The van der Waals surface area contributed by atoms with E-state index >= 15 is 0 Å². The predicted octanol–water partition coefficient (Wildman–Crippen LogP) is 2.67. The number of amides is 1. The number of para-hydroxylation sites is 1. The van der Waals surface area contributed by atoms with E-state index < -0.39 is 6.10 Å². The lowest BCUT2D eigenvalue weighted by Crippen LogP contribution is -2.62. The molecule has 1 aliphatic heterocycles. The van der Waals surface area contributed by atoms with Gasteiger partial charge in [-0.2, -0.15) is 0 Å². The first kappa shape index (κ1) is 13.8. The van der Waals surface area contributed by atoms with Gasteiger partial charge in [-0.15, -0.1) is 11.3 Å². The molecular weight excluding hydrogens is 286 g/mol. The predicted molar refractivity (Wildman–Crippen MR) is 80.3 cm³/mol. The number of hydrogen-bond acceptors (Lipinski definition) is 4. The van der Waals surface area contributed by atoms with E-state index in [1.54, 1.807) is 16.2 Å². The van der Waals surface area contributed by atoms with Crippen LogP contribution in [0.4, 0.5) is 0 Å². The Morgan fingerprint density at radius 1 is 1.24 bits per heavy atom.